The van der Waals surface area contributed by atoms with Crippen molar-refractivity contribution in [2.24, 2.45) is 5.10 Å². The van der Waals surface area contributed by atoms with Crippen LogP contribution < -0.4 is 15.5 Å². The molecule has 0 atom stereocenters. The van der Waals surface area contributed by atoms with Crippen molar-refractivity contribution in [3.05, 3.63) is 64.1 Å². The number of carbonyl (C=O) groups excluding carboxylic acids is 2. The molecule has 0 aliphatic rings. The summed E-state index contributed by atoms with van der Waals surface area (Å²) in [7, 11) is 0. The molecule has 6 nitrogen and oxygen atoms in total. The van der Waals surface area contributed by atoms with Crippen LogP contribution in [0.4, 0.5) is 0 Å². The van der Waals surface area contributed by atoms with Crippen LogP contribution in [0.1, 0.15) is 22.8 Å². The molecule has 2 N–H and O–H groups in total. The molecule has 0 aliphatic heterocycles. The van der Waals surface area contributed by atoms with Crippen LogP contribution in [0.15, 0.2) is 58.1 Å². The summed E-state index contributed by atoms with van der Waals surface area (Å²) >= 11 is 3.29. The van der Waals surface area contributed by atoms with Crippen LogP contribution in [-0.4, -0.2) is 31.2 Å². The van der Waals surface area contributed by atoms with Gasteiger partial charge < -0.3 is 10.1 Å². The zero-order valence-corrected chi connectivity index (χ0v) is 15.2. The fourth-order valence-corrected chi connectivity index (χ4v) is 2.40. The number of nitrogens with zero attached hydrogens (tertiary/aromatic N) is 1. The van der Waals surface area contributed by atoms with Crippen LogP contribution in [-0.2, 0) is 4.79 Å². The van der Waals surface area contributed by atoms with Crippen molar-refractivity contribution < 1.29 is 14.3 Å². The summed E-state index contributed by atoms with van der Waals surface area (Å²) in [5, 5.41) is 6.40. The number of hydrogen-bond donors (Lipinski definition) is 2. The second-order valence-corrected chi connectivity index (χ2v) is 5.81. The quantitative estimate of drug-likeness (QED) is 0.550. The number of ether oxygens (including phenoxy) is 1. The first-order valence-corrected chi connectivity index (χ1v) is 8.47. The molecule has 0 radical (unpaired) electrons. The Morgan fingerprint density at radius 2 is 1.88 bits per heavy atom. The lowest BCUT2D eigenvalue weighted by Gasteiger charge is -2.05. The highest BCUT2D eigenvalue weighted by Gasteiger charge is 2.10. The Morgan fingerprint density at radius 3 is 2.56 bits per heavy atom. The molecule has 2 amide bonds. The van der Waals surface area contributed by atoms with Crippen LogP contribution in [0.2, 0.25) is 0 Å². The molecule has 0 heterocycles. The van der Waals surface area contributed by atoms with Crippen molar-refractivity contribution in [3.8, 4) is 5.75 Å². The molecular formula is C18H18BrN3O3. The summed E-state index contributed by atoms with van der Waals surface area (Å²) in [6, 6.07) is 14.3. The number of rotatable bonds is 7. The largest absolute Gasteiger partial charge is 0.494 e. The molecule has 2 rings (SSSR count). The normalized spacial score (nSPS) is 10.5. The van der Waals surface area contributed by atoms with Crippen molar-refractivity contribution in [2.45, 2.75) is 6.92 Å². The third kappa shape index (κ3) is 6.04. The lowest BCUT2D eigenvalue weighted by atomic mass is 10.2. The Hall–Kier alpha value is -2.67. The zero-order chi connectivity index (χ0) is 18.1. The van der Waals surface area contributed by atoms with E-state index in [1.165, 1.54) is 6.21 Å². The van der Waals surface area contributed by atoms with Crippen LogP contribution in [0, 0.1) is 0 Å². The minimum absolute atomic E-state index is 0.166. The van der Waals surface area contributed by atoms with Crippen molar-refractivity contribution >= 4 is 34.0 Å². The highest BCUT2D eigenvalue weighted by Crippen LogP contribution is 2.15. The summed E-state index contributed by atoms with van der Waals surface area (Å²) in [6.07, 6.45) is 1.52. The number of nitrogens with one attached hydrogen (secondary N) is 2. The molecule has 2 aromatic carbocycles. The van der Waals surface area contributed by atoms with Gasteiger partial charge in [0.1, 0.15) is 5.75 Å². The fraction of sp³-hybridized carbons (Fsp3) is 0.167. The van der Waals surface area contributed by atoms with E-state index in [1.807, 2.05) is 37.3 Å². The molecule has 25 heavy (non-hydrogen) atoms. The van der Waals surface area contributed by atoms with Gasteiger partial charge in [-0.15, -0.1) is 0 Å². The van der Waals surface area contributed by atoms with Gasteiger partial charge in [0.25, 0.3) is 11.8 Å². The van der Waals surface area contributed by atoms with Gasteiger partial charge in [-0.2, -0.15) is 5.10 Å². The van der Waals surface area contributed by atoms with E-state index in [0.29, 0.717) is 16.6 Å². The van der Waals surface area contributed by atoms with E-state index in [2.05, 4.69) is 31.8 Å². The lowest BCUT2D eigenvalue weighted by molar-refractivity contribution is -0.120. The number of hydrazone groups is 1. The van der Waals surface area contributed by atoms with E-state index >= 15 is 0 Å². The standard InChI is InChI=1S/C18H18BrN3O3/c1-2-25-14-9-7-13(8-10-14)11-21-22-17(23)12-20-18(24)15-5-3-4-6-16(15)19/h3-11H,2,12H2,1H3,(H,20,24)(H,22,23)/b21-11-. The first kappa shape index (κ1) is 18.7. The monoisotopic (exact) mass is 403 g/mol. The Labute approximate surface area is 154 Å². The van der Waals surface area contributed by atoms with Gasteiger partial charge in [-0.05, 0) is 64.8 Å². The van der Waals surface area contributed by atoms with Crippen molar-refractivity contribution in [1.29, 1.82) is 0 Å². The number of benzene rings is 2. The van der Waals surface area contributed by atoms with Gasteiger partial charge in [0.15, 0.2) is 0 Å². The molecule has 0 fully saturated rings. The first-order valence-electron chi connectivity index (χ1n) is 7.67. The SMILES string of the molecule is CCOc1ccc(/C=N\NC(=O)CNC(=O)c2ccccc2Br)cc1. The summed E-state index contributed by atoms with van der Waals surface area (Å²) < 4.78 is 6.01. The second-order valence-electron chi connectivity index (χ2n) is 4.96. The van der Waals surface area contributed by atoms with Gasteiger partial charge >= 0.3 is 0 Å². The van der Waals surface area contributed by atoms with Gasteiger partial charge in [-0.25, -0.2) is 5.43 Å². The van der Waals surface area contributed by atoms with Crippen LogP contribution in [0.3, 0.4) is 0 Å². The topological polar surface area (TPSA) is 79.8 Å². The smallest absolute Gasteiger partial charge is 0.259 e. The van der Waals surface area contributed by atoms with Gasteiger partial charge in [0, 0.05) is 4.47 Å². The molecule has 0 spiro atoms. The molecule has 0 unspecified atom stereocenters. The van der Waals surface area contributed by atoms with E-state index < -0.39 is 5.91 Å². The number of carbonyl (C=O) groups is 2. The summed E-state index contributed by atoms with van der Waals surface area (Å²) in [4.78, 5) is 23.7. The first-order chi connectivity index (χ1) is 12.1. The van der Waals surface area contributed by atoms with Gasteiger partial charge in [0.2, 0.25) is 0 Å². The third-order valence-corrected chi connectivity index (χ3v) is 3.81. The van der Waals surface area contributed by atoms with E-state index in [1.54, 1.807) is 18.2 Å². The number of amides is 2. The fourth-order valence-electron chi connectivity index (χ4n) is 1.94. The highest BCUT2D eigenvalue weighted by atomic mass is 79.9. The van der Waals surface area contributed by atoms with Gasteiger partial charge in [-0.1, -0.05) is 12.1 Å². The van der Waals surface area contributed by atoms with Gasteiger partial charge in [0.05, 0.1) is 24.9 Å². The van der Waals surface area contributed by atoms with Gasteiger partial charge in [-0.3, -0.25) is 9.59 Å². The Balaban J connectivity index is 1.78. The molecule has 130 valence electrons. The van der Waals surface area contributed by atoms with E-state index in [9.17, 15) is 9.59 Å². The molecule has 0 aromatic heterocycles. The van der Waals surface area contributed by atoms with Crippen LogP contribution >= 0.6 is 15.9 Å². The van der Waals surface area contributed by atoms with E-state index in [4.69, 9.17) is 4.74 Å². The third-order valence-electron chi connectivity index (χ3n) is 3.12. The molecule has 0 bridgehead atoms. The summed E-state index contributed by atoms with van der Waals surface area (Å²) in [6.45, 7) is 2.36. The van der Waals surface area contributed by atoms with Crippen molar-refractivity contribution in [2.75, 3.05) is 13.2 Å². The maximum Gasteiger partial charge on any atom is 0.259 e. The molecule has 0 saturated carbocycles. The van der Waals surface area contributed by atoms with Crippen molar-refractivity contribution in [3.63, 3.8) is 0 Å². The molecule has 0 saturated heterocycles. The zero-order valence-electron chi connectivity index (χ0n) is 13.7. The Kier molecular flexibility index (Phi) is 7.16. The molecular weight excluding hydrogens is 386 g/mol. The summed E-state index contributed by atoms with van der Waals surface area (Å²) in [5.74, 6) is 0.0270. The van der Waals surface area contributed by atoms with Crippen molar-refractivity contribution in [1.82, 2.24) is 10.7 Å². The molecule has 7 heteroatoms. The minimum Gasteiger partial charge on any atom is -0.494 e. The lowest BCUT2D eigenvalue weighted by Crippen LogP contribution is -2.35. The van der Waals surface area contributed by atoms with Crippen LogP contribution in [0.5, 0.6) is 5.75 Å². The minimum atomic E-state index is -0.414. The number of hydrogen-bond acceptors (Lipinski definition) is 4. The Bertz CT molecular complexity index is 760. The van der Waals surface area contributed by atoms with Crippen LogP contribution in [0.25, 0.3) is 0 Å². The Morgan fingerprint density at radius 1 is 1.16 bits per heavy atom. The maximum absolute atomic E-state index is 12.0. The number of halogens is 1. The highest BCUT2D eigenvalue weighted by molar-refractivity contribution is 9.10. The summed E-state index contributed by atoms with van der Waals surface area (Å²) in [5.41, 5.74) is 3.65. The predicted octanol–water partition coefficient (Wildman–Crippen LogP) is 2.73. The average molecular weight is 404 g/mol. The molecule has 0 aliphatic carbocycles. The van der Waals surface area contributed by atoms with E-state index in [-0.39, 0.29) is 12.5 Å². The predicted molar refractivity (Wildman–Crippen MR) is 99.8 cm³/mol. The maximum atomic E-state index is 12.0. The molecule has 2 aromatic rings. The second kappa shape index (κ2) is 9.58. The van der Waals surface area contributed by atoms with E-state index in [0.717, 1.165) is 11.3 Å². The average Bonchev–Trinajstić information content (AvgIpc) is 2.62.